The minimum Gasteiger partial charge on any atom is -0.383 e. The first-order valence-corrected chi connectivity index (χ1v) is 7.92. The predicted octanol–water partition coefficient (Wildman–Crippen LogP) is 3.65. The van der Waals surface area contributed by atoms with E-state index in [-0.39, 0.29) is 5.91 Å². The Labute approximate surface area is 130 Å². The zero-order valence-electron chi connectivity index (χ0n) is 12.8. The Bertz CT molecular complexity index is 573. The second-order valence-corrected chi connectivity index (χ2v) is 6.01. The van der Waals surface area contributed by atoms with Gasteiger partial charge >= 0.3 is 0 Å². The van der Waals surface area contributed by atoms with Crippen LogP contribution in [0.1, 0.15) is 27.0 Å². The van der Waals surface area contributed by atoms with Crippen LogP contribution in [0.3, 0.4) is 0 Å². The van der Waals surface area contributed by atoms with Gasteiger partial charge in [0.1, 0.15) is 0 Å². The summed E-state index contributed by atoms with van der Waals surface area (Å²) < 4.78 is 5.13. The van der Waals surface area contributed by atoms with E-state index in [4.69, 9.17) is 4.74 Å². The Hall–Kier alpha value is -1.65. The van der Waals surface area contributed by atoms with Gasteiger partial charge in [-0.05, 0) is 48.4 Å². The summed E-state index contributed by atoms with van der Waals surface area (Å²) >= 11 is 1.65. The Morgan fingerprint density at radius 1 is 1.24 bits per heavy atom. The van der Waals surface area contributed by atoms with E-state index in [0.29, 0.717) is 19.7 Å². The molecule has 0 saturated heterocycles. The number of rotatable bonds is 6. The van der Waals surface area contributed by atoms with Crippen LogP contribution in [0.4, 0.5) is 0 Å². The summed E-state index contributed by atoms with van der Waals surface area (Å²) in [5.74, 6) is 0.0602. The molecule has 0 N–H and O–H groups in total. The van der Waals surface area contributed by atoms with Crippen LogP contribution >= 0.6 is 11.3 Å². The summed E-state index contributed by atoms with van der Waals surface area (Å²) in [6, 6.07) is 8.03. The second kappa shape index (κ2) is 7.38. The fourth-order valence-electron chi connectivity index (χ4n) is 2.34. The van der Waals surface area contributed by atoms with E-state index in [9.17, 15) is 4.79 Å². The van der Waals surface area contributed by atoms with Crippen molar-refractivity contribution >= 4 is 17.2 Å². The molecule has 0 spiro atoms. The number of methoxy groups -OCH3 is 1. The first-order chi connectivity index (χ1) is 10.1. The Morgan fingerprint density at radius 2 is 1.95 bits per heavy atom. The van der Waals surface area contributed by atoms with Crippen LogP contribution in [0, 0.1) is 13.8 Å². The van der Waals surface area contributed by atoms with Crippen molar-refractivity contribution in [3.05, 3.63) is 57.3 Å². The van der Waals surface area contributed by atoms with Gasteiger partial charge in [0.15, 0.2) is 0 Å². The molecule has 2 aromatic rings. The number of carbonyl (C=O) groups is 1. The molecule has 3 nitrogen and oxygen atoms in total. The molecule has 1 aromatic heterocycles. The number of ether oxygens (including phenoxy) is 1. The Kier molecular flexibility index (Phi) is 5.53. The number of nitrogens with zero attached hydrogens (tertiary/aromatic N) is 1. The van der Waals surface area contributed by atoms with Crippen LogP contribution in [-0.4, -0.2) is 31.1 Å². The zero-order chi connectivity index (χ0) is 15.2. The van der Waals surface area contributed by atoms with Crippen LogP contribution in [-0.2, 0) is 11.3 Å². The monoisotopic (exact) mass is 303 g/mol. The van der Waals surface area contributed by atoms with Crippen molar-refractivity contribution in [2.75, 3.05) is 20.3 Å². The van der Waals surface area contributed by atoms with Crippen molar-refractivity contribution in [1.29, 1.82) is 0 Å². The molecule has 0 aliphatic carbocycles. The molecule has 0 aliphatic rings. The van der Waals surface area contributed by atoms with Crippen molar-refractivity contribution in [2.45, 2.75) is 20.4 Å². The number of hydrogen-bond acceptors (Lipinski definition) is 3. The van der Waals surface area contributed by atoms with E-state index in [2.05, 4.69) is 17.5 Å². The third-order valence-corrected chi connectivity index (χ3v) is 4.01. The number of aryl methyl sites for hydroxylation is 2. The summed E-state index contributed by atoms with van der Waals surface area (Å²) in [6.07, 6.45) is 0. The molecule has 4 heteroatoms. The number of benzene rings is 1. The van der Waals surface area contributed by atoms with Crippen molar-refractivity contribution in [2.24, 2.45) is 0 Å². The molecule has 1 amide bonds. The summed E-state index contributed by atoms with van der Waals surface area (Å²) in [7, 11) is 1.66. The highest BCUT2D eigenvalue weighted by Gasteiger charge is 2.16. The number of carbonyl (C=O) groups excluding carboxylic acids is 1. The lowest BCUT2D eigenvalue weighted by Crippen LogP contribution is -2.33. The molecule has 0 saturated carbocycles. The average Bonchev–Trinajstić information content (AvgIpc) is 2.94. The van der Waals surface area contributed by atoms with Crippen LogP contribution in [0.2, 0.25) is 0 Å². The third-order valence-electron chi connectivity index (χ3n) is 3.27. The van der Waals surface area contributed by atoms with Gasteiger partial charge in [-0.25, -0.2) is 0 Å². The van der Waals surface area contributed by atoms with Crippen molar-refractivity contribution in [1.82, 2.24) is 4.90 Å². The summed E-state index contributed by atoms with van der Waals surface area (Å²) in [6.45, 7) is 5.79. The first kappa shape index (κ1) is 15.7. The van der Waals surface area contributed by atoms with Gasteiger partial charge in [0.2, 0.25) is 0 Å². The van der Waals surface area contributed by atoms with E-state index in [1.54, 1.807) is 18.4 Å². The standard InChI is InChI=1S/C17H21NO2S/c1-13-8-14(2)10-16(9-13)17(19)18(5-6-20-3)11-15-4-7-21-12-15/h4,7-10,12H,5-6,11H2,1-3H3. The maximum Gasteiger partial charge on any atom is 0.254 e. The topological polar surface area (TPSA) is 29.5 Å². The van der Waals surface area contributed by atoms with Crippen molar-refractivity contribution in [3.63, 3.8) is 0 Å². The normalized spacial score (nSPS) is 10.6. The largest absolute Gasteiger partial charge is 0.383 e. The van der Waals surface area contributed by atoms with Crippen LogP contribution in [0.25, 0.3) is 0 Å². The highest BCUT2D eigenvalue weighted by Crippen LogP contribution is 2.15. The van der Waals surface area contributed by atoms with Gasteiger partial charge in [0.25, 0.3) is 5.91 Å². The van der Waals surface area contributed by atoms with Crippen molar-refractivity contribution in [3.8, 4) is 0 Å². The summed E-state index contributed by atoms with van der Waals surface area (Å²) in [5.41, 5.74) is 4.13. The van der Waals surface area contributed by atoms with E-state index < -0.39 is 0 Å². The number of amides is 1. The van der Waals surface area contributed by atoms with Crippen LogP contribution < -0.4 is 0 Å². The molecule has 0 aliphatic heterocycles. The molecule has 2 rings (SSSR count). The van der Waals surface area contributed by atoms with Crippen molar-refractivity contribution < 1.29 is 9.53 Å². The van der Waals surface area contributed by atoms with E-state index >= 15 is 0 Å². The fraction of sp³-hybridized carbons (Fsp3) is 0.353. The minimum absolute atomic E-state index is 0.0602. The van der Waals surface area contributed by atoms with E-state index in [1.807, 2.05) is 36.3 Å². The highest BCUT2D eigenvalue weighted by atomic mass is 32.1. The number of thiophene rings is 1. The van der Waals surface area contributed by atoms with Crippen LogP contribution in [0.5, 0.6) is 0 Å². The van der Waals surface area contributed by atoms with Gasteiger partial charge in [-0.2, -0.15) is 11.3 Å². The zero-order valence-corrected chi connectivity index (χ0v) is 13.6. The first-order valence-electron chi connectivity index (χ1n) is 6.97. The quantitative estimate of drug-likeness (QED) is 0.815. The van der Waals surface area contributed by atoms with Gasteiger partial charge in [-0.1, -0.05) is 17.2 Å². The molecular weight excluding hydrogens is 282 g/mol. The summed E-state index contributed by atoms with van der Waals surface area (Å²) in [5, 5.41) is 4.11. The summed E-state index contributed by atoms with van der Waals surface area (Å²) in [4.78, 5) is 14.6. The lowest BCUT2D eigenvalue weighted by molar-refractivity contribution is 0.0680. The van der Waals surface area contributed by atoms with Gasteiger partial charge in [-0.15, -0.1) is 0 Å². The lowest BCUT2D eigenvalue weighted by Gasteiger charge is -2.22. The third kappa shape index (κ3) is 4.41. The maximum atomic E-state index is 12.8. The average molecular weight is 303 g/mol. The molecule has 0 radical (unpaired) electrons. The molecule has 0 atom stereocenters. The molecular formula is C17H21NO2S. The molecule has 1 aromatic carbocycles. The van der Waals surface area contributed by atoms with E-state index in [1.165, 1.54) is 0 Å². The second-order valence-electron chi connectivity index (χ2n) is 5.23. The highest BCUT2D eigenvalue weighted by molar-refractivity contribution is 7.07. The molecule has 21 heavy (non-hydrogen) atoms. The SMILES string of the molecule is COCCN(Cc1ccsc1)C(=O)c1cc(C)cc(C)c1. The van der Waals surface area contributed by atoms with Gasteiger partial charge in [0.05, 0.1) is 6.61 Å². The molecule has 0 unspecified atom stereocenters. The molecule has 112 valence electrons. The fourth-order valence-corrected chi connectivity index (χ4v) is 3.00. The lowest BCUT2D eigenvalue weighted by atomic mass is 10.1. The Balaban J connectivity index is 2.20. The molecule has 0 fully saturated rings. The predicted molar refractivity (Wildman–Crippen MR) is 86.9 cm³/mol. The number of hydrogen-bond donors (Lipinski definition) is 0. The maximum absolute atomic E-state index is 12.8. The van der Waals surface area contributed by atoms with Crippen LogP contribution in [0.15, 0.2) is 35.0 Å². The van der Waals surface area contributed by atoms with Gasteiger partial charge in [-0.3, -0.25) is 4.79 Å². The van der Waals surface area contributed by atoms with Gasteiger partial charge < -0.3 is 9.64 Å². The minimum atomic E-state index is 0.0602. The molecule has 1 heterocycles. The van der Waals surface area contributed by atoms with Gasteiger partial charge in [0, 0.05) is 25.8 Å². The molecule has 0 bridgehead atoms. The smallest absolute Gasteiger partial charge is 0.254 e. The Morgan fingerprint density at radius 3 is 2.52 bits per heavy atom. The van der Waals surface area contributed by atoms with E-state index in [0.717, 1.165) is 22.3 Å².